The lowest BCUT2D eigenvalue weighted by molar-refractivity contribution is 0.0803. The van der Waals surface area contributed by atoms with Crippen LogP contribution >= 0.6 is 39.5 Å². The third-order valence-electron chi connectivity index (χ3n) is 6.94. The van der Waals surface area contributed by atoms with Crippen LogP contribution in [0.3, 0.4) is 0 Å². The monoisotopic (exact) mass is 623 g/mol. The third kappa shape index (κ3) is 8.21. The van der Waals surface area contributed by atoms with E-state index in [1.54, 1.807) is 0 Å². The van der Waals surface area contributed by atoms with Gasteiger partial charge in [-0.2, -0.15) is 0 Å². The predicted molar refractivity (Wildman–Crippen MR) is 188 cm³/mol. The molecule has 0 saturated heterocycles. The summed E-state index contributed by atoms with van der Waals surface area (Å²) in [4.78, 5) is 8.14. The van der Waals surface area contributed by atoms with Gasteiger partial charge in [0.25, 0.3) is 0 Å². The Bertz CT molecular complexity index is 1140. The molecule has 0 radical (unpaired) electrons. The van der Waals surface area contributed by atoms with Crippen molar-refractivity contribution in [3.05, 3.63) is 114 Å². The number of nitrogens with one attached hydrogen (secondary N) is 2. The average Bonchev–Trinajstić information content (AvgIpc) is 3.01. The average molecular weight is 624 g/mol. The molecule has 3 aromatic rings. The number of benzene rings is 3. The summed E-state index contributed by atoms with van der Waals surface area (Å²) >= 11 is 0. The molecule has 0 saturated carbocycles. The second-order valence-corrected chi connectivity index (χ2v) is 21.3. The van der Waals surface area contributed by atoms with Gasteiger partial charge < -0.3 is 5.32 Å². The molecule has 0 heterocycles. The minimum absolute atomic E-state index is 0.273. The lowest BCUT2D eigenvalue weighted by Gasteiger charge is -2.51. The summed E-state index contributed by atoms with van der Waals surface area (Å²) in [5, 5.41) is 7.71. The maximum atomic E-state index is 4.09. The largest absolute Gasteiger partial charge is 0.389 e. The van der Waals surface area contributed by atoms with E-state index in [9.17, 15) is 0 Å². The van der Waals surface area contributed by atoms with Gasteiger partial charge in [-0.1, -0.05) is 115 Å². The normalized spacial score (nSPS) is 17.7. The summed E-state index contributed by atoms with van der Waals surface area (Å²) < 4.78 is 0. The molecular formula is C34H45N3S4. The summed E-state index contributed by atoms with van der Waals surface area (Å²) in [6.45, 7) is 9.96. The summed E-state index contributed by atoms with van der Waals surface area (Å²) in [6.07, 6.45) is 9.08. The van der Waals surface area contributed by atoms with Crippen molar-refractivity contribution < 1.29 is 0 Å². The van der Waals surface area contributed by atoms with Crippen LogP contribution < -0.4 is 10.6 Å². The zero-order valence-electron chi connectivity index (χ0n) is 24.8. The van der Waals surface area contributed by atoms with Crippen LogP contribution in [0.4, 0.5) is 0 Å². The van der Waals surface area contributed by atoms with Gasteiger partial charge in [-0.25, -0.2) is 0 Å². The first-order valence-electron chi connectivity index (χ1n) is 14.7. The number of allylic oxidation sites excluding steroid dienone is 2. The fraction of sp³-hybridized carbons (Fsp3) is 0.353. The molecule has 41 heavy (non-hydrogen) atoms. The van der Waals surface area contributed by atoms with Gasteiger partial charge >= 0.3 is 0 Å². The molecule has 3 aromatic carbocycles. The van der Waals surface area contributed by atoms with E-state index in [1.165, 1.54) is 25.3 Å². The molecule has 7 heteroatoms. The van der Waals surface area contributed by atoms with Crippen molar-refractivity contribution in [3.8, 4) is 0 Å². The fourth-order valence-corrected chi connectivity index (χ4v) is 18.5. The van der Waals surface area contributed by atoms with Crippen molar-refractivity contribution in [3.63, 3.8) is 0 Å². The zero-order valence-corrected chi connectivity index (χ0v) is 28.1. The maximum Gasteiger partial charge on any atom is 0.117 e. The van der Waals surface area contributed by atoms with Crippen LogP contribution in [0.15, 0.2) is 128 Å². The predicted octanol–water partition coefficient (Wildman–Crippen LogP) is 10.1. The lowest BCUT2D eigenvalue weighted by Crippen LogP contribution is -2.63. The van der Waals surface area contributed by atoms with Crippen LogP contribution in [0.5, 0.6) is 0 Å². The molecular weight excluding hydrogens is 579 g/mol. The van der Waals surface area contributed by atoms with Gasteiger partial charge in [0.05, 0.1) is 0 Å². The first-order chi connectivity index (χ1) is 20.1. The Morgan fingerprint density at radius 1 is 0.683 bits per heavy atom. The summed E-state index contributed by atoms with van der Waals surface area (Å²) in [5.41, 5.74) is 0.995. The topological polar surface area (TPSA) is 27.3 Å². The quantitative estimate of drug-likeness (QED) is 0.122. The summed E-state index contributed by atoms with van der Waals surface area (Å²) in [5.74, 6) is 0. The Morgan fingerprint density at radius 2 is 1.15 bits per heavy atom. The van der Waals surface area contributed by atoms with Gasteiger partial charge in [0.2, 0.25) is 0 Å². The van der Waals surface area contributed by atoms with Crippen molar-refractivity contribution in [2.75, 3.05) is 26.7 Å². The van der Waals surface area contributed by atoms with E-state index in [2.05, 4.69) is 146 Å². The standard InChI is InChI=1S/C34H45N3S4/c1-5-25-36-34(37(26-6-2)27-7-3)28-32(23-24-33(34)35-4)41(38-29-17-11-8-12-18-29,39-30-19-13-9-14-20-30)40-31-21-15-10-16-22-31/h8-24,35-36H,5-7,25-28H2,1-4H3. The molecule has 0 spiro atoms. The van der Waals surface area contributed by atoms with Crippen LogP contribution in [0.1, 0.15) is 46.5 Å². The smallest absolute Gasteiger partial charge is 0.117 e. The summed E-state index contributed by atoms with van der Waals surface area (Å²) in [6, 6.07) is 33.0. The minimum Gasteiger partial charge on any atom is -0.389 e. The highest BCUT2D eigenvalue weighted by Gasteiger charge is 2.46. The van der Waals surface area contributed by atoms with Crippen molar-refractivity contribution in [1.82, 2.24) is 15.5 Å². The van der Waals surface area contributed by atoms with Gasteiger partial charge in [0.15, 0.2) is 0 Å². The molecule has 220 valence electrons. The molecule has 0 amide bonds. The van der Waals surface area contributed by atoms with Gasteiger partial charge in [-0.3, -0.25) is 10.2 Å². The third-order valence-corrected chi connectivity index (χ3v) is 19.2. The van der Waals surface area contributed by atoms with E-state index in [1.807, 2.05) is 32.4 Å². The first kappa shape index (κ1) is 32.2. The molecule has 4 rings (SSSR count). The molecule has 1 aliphatic carbocycles. The molecule has 0 aromatic heterocycles. The van der Waals surface area contributed by atoms with Crippen LogP contribution in [-0.4, -0.2) is 37.2 Å². The van der Waals surface area contributed by atoms with Gasteiger partial charge in [-0.05, 0) is 92.4 Å². The Kier molecular flexibility index (Phi) is 12.7. The Balaban J connectivity index is 1.90. The van der Waals surface area contributed by atoms with Gasteiger partial charge in [0, 0.05) is 33.9 Å². The lowest BCUT2D eigenvalue weighted by atomic mass is 9.93. The molecule has 3 nitrogen and oxygen atoms in total. The Hall–Kier alpha value is -1.74. The van der Waals surface area contributed by atoms with Crippen LogP contribution in [0.25, 0.3) is 0 Å². The first-order valence-corrected chi connectivity index (χ1v) is 20.4. The van der Waals surface area contributed by atoms with E-state index >= 15 is 0 Å². The fourth-order valence-electron chi connectivity index (χ4n) is 5.12. The molecule has 2 N–H and O–H groups in total. The van der Waals surface area contributed by atoms with Crippen molar-refractivity contribution >= 4 is 39.5 Å². The van der Waals surface area contributed by atoms with Crippen LogP contribution in [-0.2, 0) is 0 Å². The van der Waals surface area contributed by atoms with Crippen molar-refractivity contribution in [2.24, 2.45) is 0 Å². The minimum atomic E-state index is -1.58. The molecule has 1 atom stereocenters. The highest BCUT2D eigenvalue weighted by atomic mass is 33.8. The van der Waals surface area contributed by atoms with Crippen molar-refractivity contribution in [1.29, 1.82) is 0 Å². The Morgan fingerprint density at radius 3 is 1.54 bits per heavy atom. The van der Waals surface area contributed by atoms with Crippen molar-refractivity contribution in [2.45, 2.75) is 66.8 Å². The number of rotatable bonds is 16. The number of likely N-dealkylation sites (N-methyl/N-ethyl adjacent to an activating group) is 1. The molecule has 0 fully saturated rings. The zero-order chi connectivity index (χ0) is 29.0. The second kappa shape index (κ2) is 16.2. The SMILES string of the molecule is CCCNC1(N(CCC)CCC)CC(S(Sc2ccccc2)(Sc2ccccc2)Sc2ccccc2)=CC=C1NC. The molecule has 0 aliphatic heterocycles. The highest BCUT2D eigenvalue weighted by molar-refractivity contribution is 9.49. The highest BCUT2D eigenvalue weighted by Crippen LogP contribution is 2.87. The summed E-state index contributed by atoms with van der Waals surface area (Å²) in [7, 11) is 6.65. The maximum absolute atomic E-state index is 4.09. The van der Waals surface area contributed by atoms with E-state index < -0.39 is 7.12 Å². The van der Waals surface area contributed by atoms with E-state index in [-0.39, 0.29) is 5.66 Å². The van der Waals surface area contributed by atoms with Crippen LogP contribution in [0.2, 0.25) is 0 Å². The molecule has 1 unspecified atom stereocenters. The van der Waals surface area contributed by atoms with E-state index in [0.717, 1.165) is 45.3 Å². The number of hydrogen-bond donors (Lipinski definition) is 2. The number of nitrogens with zero attached hydrogens (tertiary/aromatic N) is 1. The van der Waals surface area contributed by atoms with E-state index in [4.69, 9.17) is 0 Å². The van der Waals surface area contributed by atoms with E-state index in [0.29, 0.717) is 0 Å². The van der Waals surface area contributed by atoms with Gasteiger partial charge in [0.1, 0.15) is 5.66 Å². The molecule has 1 aliphatic rings. The molecule has 0 bridgehead atoms. The number of hydrogen-bond acceptors (Lipinski definition) is 6. The van der Waals surface area contributed by atoms with Gasteiger partial charge in [-0.15, -0.1) is 0 Å². The van der Waals surface area contributed by atoms with Crippen LogP contribution in [0, 0.1) is 0 Å². The second-order valence-electron chi connectivity index (χ2n) is 10.1. The Labute approximate surface area is 260 Å².